The SMILES string of the molecule is CCOc1ccc(C(=O)NC(=NCCN2CCOCC2)Nc2ccc3c(c2)OCO3)cc1. The molecule has 9 heteroatoms. The Labute approximate surface area is 187 Å². The number of aliphatic imine (C=N–C) groups is 1. The van der Waals surface area contributed by atoms with Gasteiger partial charge in [0.25, 0.3) is 5.91 Å². The number of carbonyl (C=O) groups excluding carboxylic acids is 1. The van der Waals surface area contributed by atoms with Gasteiger partial charge in [0.1, 0.15) is 5.75 Å². The molecule has 0 radical (unpaired) electrons. The molecule has 0 unspecified atom stereocenters. The van der Waals surface area contributed by atoms with E-state index in [1.165, 1.54) is 0 Å². The van der Waals surface area contributed by atoms with Crippen LogP contribution in [0.3, 0.4) is 0 Å². The first-order valence-electron chi connectivity index (χ1n) is 10.8. The molecule has 2 aliphatic heterocycles. The van der Waals surface area contributed by atoms with E-state index in [0.29, 0.717) is 36.2 Å². The second-order valence-electron chi connectivity index (χ2n) is 7.29. The Balaban J connectivity index is 1.44. The van der Waals surface area contributed by atoms with E-state index in [4.69, 9.17) is 18.9 Å². The number of fused-ring (bicyclic) bond motifs is 1. The molecule has 1 fully saturated rings. The summed E-state index contributed by atoms with van der Waals surface area (Å²) in [5.41, 5.74) is 1.26. The Bertz CT molecular complexity index is 942. The monoisotopic (exact) mass is 440 g/mol. The lowest BCUT2D eigenvalue weighted by Crippen LogP contribution is -2.39. The lowest BCUT2D eigenvalue weighted by Gasteiger charge is -2.25. The van der Waals surface area contributed by atoms with E-state index >= 15 is 0 Å². The summed E-state index contributed by atoms with van der Waals surface area (Å²) in [4.78, 5) is 19.7. The predicted octanol–water partition coefficient (Wildman–Crippen LogP) is 2.34. The first-order valence-corrected chi connectivity index (χ1v) is 10.8. The highest BCUT2D eigenvalue weighted by Crippen LogP contribution is 2.34. The van der Waals surface area contributed by atoms with Crippen LogP contribution in [0.25, 0.3) is 0 Å². The van der Waals surface area contributed by atoms with Crippen LogP contribution in [0.1, 0.15) is 17.3 Å². The fraction of sp³-hybridized carbons (Fsp3) is 0.391. The van der Waals surface area contributed by atoms with Gasteiger partial charge in [-0.3, -0.25) is 20.0 Å². The van der Waals surface area contributed by atoms with Gasteiger partial charge in [0.05, 0.1) is 26.4 Å². The van der Waals surface area contributed by atoms with E-state index in [-0.39, 0.29) is 12.7 Å². The maximum absolute atomic E-state index is 12.8. The molecule has 2 aromatic carbocycles. The van der Waals surface area contributed by atoms with Gasteiger partial charge in [-0.1, -0.05) is 0 Å². The third-order valence-corrected chi connectivity index (χ3v) is 5.08. The second-order valence-corrected chi connectivity index (χ2v) is 7.29. The number of nitrogens with zero attached hydrogens (tertiary/aromatic N) is 2. The van der Waals surface area contributed by atoms with Crippen molar-refractivity contribution in [3.8, 4) is 17.2 Å². The summed E-state index contributed by atoms with van der Waals surface area (Å²) in [7, 11) is 0. The van der Waals surface area contributed by atoms with Crippen LogP contribution in [0.2, 0.25) is 0 Å². The van der Waals surface area contributed by atoms with Gasteiger partial charge >= 0.3 is 0 Å². The Kier molecular flexibility index (Phi) is 7.42. The molecule has 2 heterocycles. The molecule has 1 amide bonds. The number of ether oxygens (including phenoxy) is 4. The van der Waals surface area contributed by atoms with Crippen LogP contribution in [0.15, 0.2) is 47.5 Å². The molecule has 4 rings (SSSR count). The number of hydrogen-bond acceptors (Lipinski definition) is 7. The zero-order valence-electron chi connectivity index (χ0n) is 18.1. The minimum absolute atomic E-state index is 0.202. The van der Waals surface area contributed by atoms with E-state index in [1.807, 2.05) is 25.1 Å². The van der Waals surface area contributed by atoms with Crippen LogP contribution in [-0.4, -0.2) is 69.6 Å². The zero-order chi connectivity index (χ0) is 22.2. The molecule has 0 aliphatic carbocycles. The summed E-state index contributed by atoms with van der Waals surface area (Å²) in [6.45, 7) is 7.27. The van der Waals surface area contributed by atoms with Gasteiger partial charge in [-0.05, 0) is 43.3 Å². The minimum atomic E-state index is -0.258. The fourth-order valence-electron chi connectivity index (χ4n) is 3.40. The molecular formula is C23H28N4O5. The normalized spacial score (nSPS) is 16.0. The molecule has 0 atom stereocenters. The van der Waals surface area contributed by atoms with Crippen molar-refractivity contribution < 1.29 is 23.7 Å². The lowest BCUT2D eigenvalue weighted by atomic mass is 10.2. The predicted molar refractivity (Wildman–Crippen MR) is 121 cm³/mol. The van der Waals surface area contributed by atoms with Crippen molar-refractivity contribution in [3.05, 3.63) is 48.0 Å². The van der Waals surface area contributed by atoms with E-state index in [1.54, 1.807) is 24.3 Å². The highest BCUT2D eigenvalue weighted by atomic mass is 16.7. The van der Waals surface area contributed by atoms with Crippen LogP contribution in [-0.2, 0) is 4.74 Å². The number of amides is 1. The maximum Gasteiger partial charge on any atom is 0.257 e. The molecule has 32 heavy (non-hydrogen) atoms. The lowest BCUT2D eigenvalue weighted by molar-refractivity contribution is 0.0394. The van der Waals surface area contributed by atoms with Crippen molar-refractivity contribution in [1.82, 2.24) is 10.2 Å². The van der Waals surface area contributed by atoms with Crippen LogP contribution in [0.5, 0.6) is 17.2 Å². The number of morpholine rings is 1. The van der Waals surface area contributed by atoms with Gasteiger partial charge in [-0.25, -0.2) is 0 Å². The first kappa shape index (κ1) is 21.9. The van der Waals surface area contributed by atoms with E-state index in [0.717, 1.165) is 44.3 Å². The molecule has 0 saturated carbocycles. The van der Waals surface area contributed by atoms with Crippen molar-refractivity contribution in [2.24, 2.45) is 4.99 Å². The standard InChI is InChI=1S/C23H28N4O5/c1-2-30-19-6-3-17(4-7-19)22(28)26-23(24-9-10-27-11-13-29-14-12-27)25-18-5-8-20-21(15-18)32-16-31-20/h3-8,15H,2,9-14,16H2,1H3,(H2,24,25,26,28). The summed E-state index contributed by atoms with van der Waals surface area (Å²) in [6.07, 6.45) is 0. The van der Waals surface area contributed by atoms with Crippen LogP contribution < -0.4 is 24.8 Å². The van der Waals surface area contributed by atoms with Gasteiger partial charge in [0, 0.05) is 37.0 Å². The smallest absolute Gasteiger partial charge is 0.257 e. The Morgan fingerprint density at radius 2 is 1.88 bits per heavy atom. The summed E-state index contributed by atoms with van der Waals surface area (Å²) in [5.74, 6) is 2.18. The molecule has 0 bridgehead atoms. The summed E-state index contributed by atoms with van der Waals surface area (Å²) < 4.78 is 21.6. The number of anilines is 1. The Morgan fingerprint density at radius 1 is 1.09 bits per heavy atom. The van der Waals surface area contributed by atoms with Crippen molar-refractivity contribution in [2.75, 3.05) is 58.1 Å². The van der Waals surface area contributed by atoms with Gasteiger partial charge in [0.2, 0.25) is 12.8 Å². The largest absolute Gasteiger partial charge is 0.494 e. The number of nitrogens with one attached hydrogen (secondary N) is 2. The summed E-state index contributed by atoms with van der Waals surface area (Å²) in [5, 5.41) is 6.08. The molecular weight excluding hydrogens is 412 g/mol. The first-order chi connectivity index (χ1) is 15.7. The highest BCUT2D eigenvalue weighted by molar-refractivity contribution is 6.10. The molecule has 0 aromatic heterocycles. The highest BCUT2D eigenvalue weighted by Gasteiger charge is 2.15. The second kappa shape index (κ2) is 10.8. The molecule has 1 saturated heterocycles. The number of hydrogen-bond donors (Lipinski definition) is 2. The molecule has 2 N–H and O–H groups in total. The molecule has 2 aromatic rings. The Hall–Kier alpha value is -3.30. The summed E-state index contributed by atoms with van der Waals surface area (Å²) >= 11 is 0. The third kappa shape index (κ3) is 5.89. The maximum atomic E-state index is 12.8. The van der Waals surface area contributed by atoms with Crippen LogP contribution in [0, 0.1) is 0 Å². The molecule has 2 aliphatic rings. The van der Waals surface area contributed by atoms with Crippen molar-refractivity contribution in [2.45, 2.75) is 6.92 Å². The van der Waals surface area contributed by atoms with E-state index < -0.39 is 0 Å². The zero-order valence-corrected chi connectivity index (χ0v) is 18.1. The third-order valence-electron chi connectivity index (χ3n) is 5.08. The number of benzene rings is 2. The number of rotatable bonds is 7. The van der Waals surface area contributed by atoms with Crippen molar-refractivity contribution in [3.63, 3.8) is 0 Å². The van der Waals surface area contributed by atoms with Crippen LogP contribution >= 0.6 is 0 Å². The average Bonchev–Trinajstić information content (AvgIpc) is 3.28. The number of carbonyl (C=O) groups is 1. The molecule has 170 valence electrons. The average molecular weight is 441 g/mol. The van der Waals surface area contributed by atoms with Gasteiger partial charge < -0.3 is 24.3 Å². The van der Waals surface area contributed by atoms with Crippen LogP contribution in [0.4, 0.5) is 5.69 Å². The van der Waals surface area contributed by atoms with Gasteiger partial charge in [-0.2, -0.15) is 0 Å². The van der Waals surface area contributed by atoms with Crippen molar-refractivity contribution in [1.29, 1.82) is 0 Å². The molecule has 0 spiro atoms. The van der Waals surface area contributed by atoms with E-state index in [9.17, 15) is 4.79 Å². The quantitative estimate of drug-likeness (QED) is 0.504. The number of guanidine groups is 1. The van der Waals surface area contributed by atoms with E-state index in [2.05, 4.69) is 20.5 Å². The topological polar surface area (TPSA) is 93.7 Å². The van der Waals surface area contributed by atoms with Gasteiger partial charge in [0.15, 0.2) is 11.5 Å². The minimum Gasteiger partial charge on any atom is -0.494 e. The van der Waals surface area contributed by atoms with Gasteiger partial charge in [-0.15, -0.1) is 0 Å². The fourth-order valence-corrected chi connectivity index (χ4v) is 3.40. The van der Waals surface area contributed by atoms with Crippen molar-refractivity contribution >= 4 is 17.6 Å². The Morgan fingerprint density at radius 3 is 2.66 bits per heavy atom. The molecule has 9 nitrogen and oxygen atoms in total. The summed E-state index contributed by atoms with van der Waals surface area (Å²) in [6, 6.07) is 12.5.